The summed E-state index contributed by atoms with van der Waals surface area (Å²) in [7, 11) is -4.60. The molecule has 1 aromatic heterocycles. The van der Waals surface area contributed by atoms with Crippen LogP contribution in [0.15, 0.2) is 23.4 Å². The molecule has 0 bridgehead atoms. The molecule has 0 unspecified atom stereocenters. The molecule has 1 aromatic rings. The smallest absolute Gasteiger partial charge is 0.361 e. The number of nitrogens with two attached hydrogens (primary N) is 1. The molecule has 17 heavy (non-hydrogen) atoms. The number of carbonyl (C=O) groups excluding carboxylic acids is 1. The van der Waals surface area contributed by atoms with E-state index in [2.05, 4.69) is 10.1 Å². The minimum atomic E-state index is -4.60. The van der Waals surface area contributed by atoms with Crippen molar-refractivity contribution in [3.8, 4) is 0 Å². The van der Waals surface area contributed by atoms with Crippen LogP contribution in [0.1, 0.15) is 5.69 Å². The molecule has 0 aromatic carbocycles. The Bertz CT molecular complexity index is 541. The Kier molecular flexibility index (Phi) is 3.96. The lowest BCUT2D eigenvalue weighted by Gasteiger charge is -1.99. The monoisotopic (exact) mass is 259 g/mol. The van der Waals surface area contributed by atoms with Gasteiger partial charge in [-0.05, 0) is 12.1 Å². The van der Waals surface area contributed by atoms with E-state index >= 15 is 0 Å². The first-order chi connectivity index (χ1) is 7.88. The van der Waals surface area contributed by atoms with E-state index in [1.807, 2.05) is 0 Å². The molecule has 5 N–H and O–H groups in total. The molecule has 0 aliphatic carbocycles. The Morgan fingerprint density at radius 3 is 2.88 bits per heavy atom. The molecule has 0 radical (unpaired) electrons. The lowest BCUT2D eigenvalue weighted by Crippen LogP contribution is -2.36. The second-order valence-electron chi connectivity index (χ2n) is 2.75. The fraction of sp³-hybridized carbons (Fsp3) is 0. The molecule has 1 rings (SSSR count). The minimum Gasteiger partial charge on any atom is -0.397 e. The van der Waals surface area contributed by atoms with Crippen molar-refractivity contribution >= 4 is 28.2 Å². The third-order valence-electron chi connectivity index (χ3n) is 1.45. The van der Waals surface area contributed by atoms with Gasteiger partial charge in [0.05, 0.1) is 11.9 Å². The summed E-state index contributed by atoms with van der Waals surface area (Å²) >= 11 is 0. The highest BCUT2D eigenvalue weighted by atomic mass is 32.2. The minimum absolute atomic E-state index is 0.305. The van der Waals surface area contributed by atoms with E-state index in [-0.39, 0.29) is 0 Å². The van der Waals surface area contributed by atoms with Gasteiger partial charge < -0.3 is 5.73 Å². The first kappa shape index (κ1) is 12.9. The Labute approximate surface area is 96.6 Å². The zero-order valence-electron chi connectivity index (χ0n) is 8.36. The number of rotatable bonds is 3. The molecule has 0 saturated carbocycles. The predicted molar refractivity (Wildman–Crippen MR) is 59.5 cm³/mol. The van der Waals surface area contributed by atoms with Crippen molar-refractivity contribution in [2.24, 2.45) is 5.10 Å². The SMILES string of the molecule is Nc1cccnc1C=NNC(=O)NS(=O)(=O)O. The van der Waals surface area contributed by atoms with Gasteiger partial charge in [-0.15, -0.1) is 0 Å². The molecule has 0 fully saturated rings. The van der Waals surface area contributed by atoms with Crippen LogP contribution in [0, 0.1) is 0 Å². The fourth-order valence-corrected chi connectivity index (χ4v) is 1.11. The van der Waals surface area contributed by atoms with Crippen LogP contribution in [0.2, 0.25) is 0 Å². The van der Waals surface area contributed by atoms with Gasteiger partial charge in [0.25, 0.3) is 0 Å². The lowest BCUT2D eigenvalue weighted by atomic mass is 10.3. The number of carbonyl (C=O) groups is 1. The van der Waals surface area contributed by atoms with Crippen molar-refractivity contribution in [2.45, 2.75) is 0 Å². The predicted octanol–water partition coefficient (Wildman–Crippen LogP) is -0.900. The summed E-state index contributed by atoms with van der Waals surface area (Å²) in [4.78, 5) is 14.6. The van der Waals surface area contributed by atoms with Crippen molar-refractivity contribution in [2.75, 3.05) is 5.73 Å². The zero-order chi connectivity index (χ0) is 12.9. The van der Waals surface area contributed by atoms with E-state index in [1.165, 1.54) is 10.9 Å². The third-order valence-corrected chi connectivity index (χ3v) is 1.89. The fourth-order valence-electron chi connectivity index (χ4n) is 0.830. The van der Waals surface area contributed by atoms with Gasteiger partial charge in [0.2, 0.25) is 0 Å². The van der Waals surface area contributed by atoms with Crippen LogP contribution in [0.4, 0.5) is 10.5 Å². The summed E-state index contributed by atoms with van der Waals surface area (Å²) in [5, 5.41) is 3.38. The summed E-state index contributed by atoms with van der Waals surface area (Å²) in [6.07, 6.45) is 2.59. The van der Waals surface area contributed by atoms with E-state index in [4.69, 9.17) is 10.3 Å². The number of aromatic nitrogens is 1. The van der Waals surface area contributed by atoms with Crippen LogP contribution in [-0.2, 0) is 10.3 Å². The van der Waals surface area contributed by atoms with Gasteiger partial charge >= 0.3 is 16.3 Å². The number of nitrogen functional groups attached to an aromatic ring is 1. The van der Waals surface area contributed by atoms with Gasteiger partial charge in [0, 0.05) is 6.20 Å². The highest BCUT2D eigenvalue weighted by molar-refractivity contribution is 7.84. The maximum Gasteiger partial charge on any atom is 0.361 e. The highest BCUT2D eigenvalue weighted by Crippen LogP contribution is 2.02. The third kappa shape index (κ3) is 4.90. The number of hydrazone groups is 1. The number of nitrogens with zero attached hydrogens (tertiary/aromatic N) is 2. The summed E-state index contributed by atoms with van der Waals surface area (Å²) < 4.78 is 30.0. The Hall–Kier alpha value is -2.20. The second-order valence-corrected chi connectivity index (χ2v) is 3.91. The number of urea groups is 1. The van der Waals surface area contributed by atoms with Gasteiger partial charge in [-0.25, -0.2) is 14.9 Å². The van der Waals surface area contributed by atoms with Crippen LogP contribution in [0.25, 0.3) is 0 Å². The first-order valence-electron chi connectivity index (χ1n) is 4.17. The van der Waals surface area contributed by atoms with Gasteiger partial charge in [0.15, 0.2) is 0 Å². The molecule has 0 atom stereocenters. The topological polar surface area (TPSA) is 147 Å². The normalized spacial score (nSPS) is 11.4. The molecule has 0 spiro atoms. The summed E-state index contributed by atoms with van der Waals surface area (Å²) in [5.74, 6) is 0. The van der Waals surface area contributed by atoms with Crippen molar-refractivity contribution in [3.63, 3.8) is 0 Å². The zero-order valence-corrected chi connectivity index (χ0v) is 9.18. The number of hydrogen-bond donors (Lipinski definition) is 4. The number of pyridine rings is 1. The van der Waals surface area contributed by atoms with E-state index in [0.717, 1.165) is 6.21 Å². The number of hydrogen-bond acceptors (Lipinski definition) is 6. The lowest BCUT2D eigenvalue weighted by molar-refractivity contribution is 0.245. The quantitative estimate of drug-likeness (QED) is 0.314. The molecule has 1 heterocycles. The van der Waals surface area contributed by atoms with Crippen LogP contribution in [-0.4, -0.2) is 30.2 Å². The summed E-state index contributed by atoms with van der Waals surface area (Å²) in [5.41, 5.74) is 7.97. The first-order valence-corrected chi connectivity index (χ1v) is 5.61. The Morgan fingerprint density at radius 1 is 1.59 bits per heavy atom. The van der Waals surface area contributed by atoms with Crippen molar-refractivity contribution < 1.29 is 17.8 Å². The Balaban J connectivity index is 2.57. The van der Waals surface area contributed by atoms with Gasteiger partial charge in [0.1, 0.15) is 5.69 Å². The van der Waals surface area contributed by atoms with Crippen molar-refractivity contribution in [1.29, 1.82) is 0 Å². The molecule has 10 heteroatoms. The molecule has 0 aliphatic heterocycles. The van der Waals surface area contributed by atoms with Crippen LogP contribution in [0.5, 0.6) is 0 Å². The molecular formula is C7H9N5O4S. The average Bonchev–Trinajstić information content (AvgIpc) is 2.18. The molecular weight excluding hydrogens is 250 g/mol. The largest absolute Gasteiger partial charge is 0.397 e. The maximum absolute atomic E-state index is 10.8. The van der Waals surface area contributed by atoms with E-state index in [9.17, 15) is 13.2 Å². The molecule has 9 nitrogen and oxygen atoms in total. The second kappa shape index (κ2) is 5.23. The van der Waals surface area contributed by atoms with Crippen molar-refractivity contribution in [3.05, 3.63) is 24.0 Å². The van der Waals surface area contributed by atoms with Crippen LogP contribution < -0.4 is 15.9 Å². The number of anilines is 1. The summed E-state index contributed by atoms with van der Waals surface area (Å²) in [6, 6.07) is 1.98. The van der Waals surface area contributed by atoms with E-state index in [0.29, 0.717) is 11.4 Å². The Morgan fingerprint density at radius 2 is 2.29 bits per heavy atom. The molecule has 92 valence electrons. The van der Waals surface area contributed by atoms with Gasteiger partial charge in [-0.3, -0.25) is 9.54 Å². The van der Waals surface area contributed by atoms with E-state index < -0.39 is 16.3 Å². The molecule has 0 saturated heterocycles. The maximum atomic E-state index is 10.8. The number of nitrogens with one attached hydrogen (secondary N) is 2. The van der Waals surface area contributed by atoms with Crippen molar-refractivity contribution in [1.82, 2.24) is 15.1 Å². The van der Waals surface area contributed by atoms with Gasteiger partial charge in [-0.2, -0.15) is 13.5 Å². The van der Waals surface area contributed by atoms with E-state index in [1.54, 1.807) is 17.6 Å². The summed E-state index contributed by atoms with van der Waals surface area (Å²) in [6.45, 7) is 0. The van der Waals surface area contributed by atoms with Gasteiger partial charge in [-0.1, -0.05) is 0 Å². The standard InChI is InChI=1S/C7H9N5O4S/c8-5-2-1-3-9-6(5)4-10-11-7(13)12-17(14,15)16/h1-4H,8H2,(H2,11,12,13)(H,14,15,16). The number of amides is 2. The van der Waals surface area contributed by atoms with Crippen LogP contribution in [0.3, 0.4) is 0 Å². The molecule has 2 amide bonds. The highest BCUT2D eigenvalue weighted by Gasteiger charge is 2.08. The average molecular weight is 259 g/mol. The molecule has 0 aliphatic rings. The van der Waals surface area contributed by atoms with Crippen LogP contribution >= 0.6 is 0 Å².